The maximum absolute atomic E-state index is 5.53. The molecule has 0 aromatic carbocycles. The van der Waals surface area contributed by atoms with Crippen molar-refractivity contribution in [2.45, 2.75) is 45.1 Å². The molecule has 0 aromatic heterocycles. The van der Waals surface area contributed by atoms with Gasteiger partial charge in [0.05, 0.1) is 43.5 Å². The highest BCUT2D eigenvalue weighted by Crippen LogP contribution is 2.05. The first kappa shape index (κ1) is 18.2. The van der Waals surface area contributed by atoms with Gasteiger partial charge in [-0.3, -0.25) is 0 Å². The Hall–Kier alpha value is 0.190. The van der Waals surface area contributed by atoms with E-state index in [-0.39, 0.29) is 10.5 Å². The smallest absolute Gasteiger partial charge is 0.0707 e. The molecule has 0 atom stereocenters. The number of hydrogen-bond donors (Lipinski definition) is 2. The lowest BCUT2D eigenvalue weighted by Gasteiger charge is -2.19. The highest BCUT2D eigenvalue weighted by atomic mass is 32.1. The summed E-state index contributed by atoms with van der Waals surface area (Å²) >= 11 is 4.35. The fourth-order valence-electron chi connectivity index (χ4n) is 1.16. The lowest BCUT2D eigenvalue weighted by atomic mass is 10.2. The molecule has 0 bridgehead atoms. The fourth-order valence-corrected chi connectivity index (χ4v) is 1.27. The molecule has 0 amide bonds. The zero-order valence-electron chi connectivity index (χ0n) is 12.4. The number of rotatable bonds is 10. The molecule has 5 heteroatoms. The second-order valence-corrected chi connectivity index (χ2v) is 6.79. The van der Waals surface area contributed by atoms with E-state index >= 15 is 0 Å². The van der Waals surface area contributed by atoms with Crippen molar-refractivity contribution in [3.05, 3.63) is 0 Å². The van der Waals surface area contributed by atoms with Gasteiger partial charge in [-0.15, -0.1) is 0 Å². The normalized spacial score (nSPS) is 13.0. The van der Waals surface area contributed by atoms with E-state index in [2.05, 4.69) is 17.9 Å². The number of ether oxygens (including phenoxy) is 3. The lowest BCUT2D eigenvalue weighted by molar-refractivity contribution is -0.0423. The van der Waals surface area contributed by atoms with Gasteiger partial charge in [0.1, 0.15) is 0 Å². The molecule has 0 saturated carbocycles. The van der Waals surface area contributed by atoms with Crippen LogP contribution in [0.25, 0.3) is 0 Å². The average molecular weight is 279 g/mol. The van der Waals surface area contributed by atoms with Gasteiger partial charge in [0.25, 0.3) is 0 Å². The van der Waals surface area contributed by atoms with Crippen LogP contribution < -0.4 is 5.32 Å². The first-order valence-electron chi connectivity index (χ1n) is 6.47. The molecule has 0 saturated heterocycles. The van der Waals surface area contributed by atoms with Gasteiger partial charge in [-0.2, -0.15) is 12.6 Å². The molecule has 18 heavy (non-hydrogen) atoms. The molecule has 0 aliphatic carbocycles. The van der Waals surface area contributed by atoms with Gasteiger partial charge in [-0.1, -0.05) is 0 Å². The van der Waals surface area contributed by atoms with Crippen LogP contribution in [0.1, 0.15) is 34.6 Å². The van der Waals surface area contributed by atoms with E-state index in [9.17, 15) is 0 Å². The van der Waals surface area contributed by atoms with Gasteiger partial charge >= 0.3 is 0 Å². The molecule has 0 aliphatic heterocycles. The summed E-state index contributed by atoms with van der Waals surface area (Å²) in [6.07, 6.45) is 0. The van der Waals surface area contributed by atoms with E-state index in [4.69, 9.17) is 14.2 Å². The molecular formula is C13H29NO3S. The molecule has 0 aliphatic rings. The lowest BCUT2D eigenvalue weighted by Crippen LogP contribution is -2.36. The summed E-state index contributed by atoms with van der Waals surface area (Å²) in [5.74, 6) is 0. The zero-order chi connectivity index (χ0) is 14.1. The maximum atomic E-state index is 5.53. The van der Waals surface area contributed by atoms with E-state index in [1.165, 1.54) is 0 Å². The van der Waals surface area contributed by atoms with Crippen molar-refractivity contribution in [3.8, 4) is 0 Å². The van der Waals surface area contributed by atoms with E-state index in [0.29, 0.717) is 33.0 Å². The molecule has 0 aromatic rings. The second kappa shape index (κ2) is 9.15. The molecule has 1 N–H and O–H groups in total. The minimum atomic E-state index is -0.149. The summed E-state index contributed by atoms with van der Waals surface area (Å²) in [4.78, 5) is -0.149. The Labute approximate surface area is 117 Å². The van der Waals surface area contributed by atoms with Crippen molar-refractivity contribution in [2.75, 3.05) is 39.6 Å². The Kier molecular flexibility index (Phi) is 9.25. The van der Waals surface area contributed by atoms with Crippen molar-refractivity contribution in [2.24, 2.45) is 0 Å². The van der Waals surface area contributed by atoms with Gasteiger partial charge in [-0.05, 0) is 34.6 Å². The molecule has 0 fully saturated rings. The van der Waals surface area contributed by atoms with Crippen LogP contribution in [0.2, 0.25) is 0 Å². The average Bonchev–Trinajstić information content (AvgIpc) is 2.17. The summed E-state index contributed by atoms with van der Waals surface area (Å²) in [7, 11) is 0. The van der Waals surface area contributed by atoms with Crippen LogP contribution in [0.5, 0.6) is 0 Å². The molecule has 0 radical (unpaired) electrons. The van der Waals surface area contributed by atoms with E-state index in [1.807, 2.05) is 34.6 Å². The van der Waals surface area contributed by atoms with Crippen LogP contribution in [0.15, 0.2) is 0 Å². The molecular weight excluding hydrogens is 250 g/mol. The second-order valence-electron chi connectivity index (χ2n) is 5.67. The maximum Gasteiger partial charge on any atom is 0.0707 e. The summed E-state index contributed by atoms with van der Waals surface area (Å²) in [6.45, 7) is 14.0. The first-order valence-corrected chi connectivity index (χ1v) is 6.92. The fraction of sp³-hybridized carbons (Fsp3) is 1.00. The van der Waals surface area contributed by atoms with Crippen LogP contribution >= 0.6 is 12.6 Å². The van der Waals surface area contributed by atoms with Gasteiger partial charge in [-0.25, -0.2) is 0 Å². The third-order valence-electron chi connectivity index (χ3n) is 1.94. The SMILES string of the molecule is CC(C)(S)NCCOCCOCCOC(C)(C)C. The third kappa shape index (κ3) is 16.2. The van der Waals surface area contributed by atoms with Crippen molar-refractivity contribution in [1.29, 1.82) is 0 Å². The van der Waals surface area contributed by atoms with Crippen LogP contribution in [0.4, 0.5) is 0 Å². The van der Waals surface area contributed by atoms with Crippen molar-refractivity contribution < 1.29 is 14.2 Å². The quantitative estimate of drug-likeness (QED) is 0.365. The van der Waals surface area contributed by atoms with Gasteiger partial charge in [0.15, 0.2) is 0 Å². The zero-order valence-corrected chi connectivity index (χ0v) is 13.3. The Bertz CT molecular complexity index is 177. The van der Waals surface area contributed by atoms with E-state index in [0.717, 1.165) is 6.54 Å². The van der Waals surface area contributed by atoms with Crippen LogP contribution in [0.3, 0.4) is 0 Å². The highest BCUT2D eigenvalue weighted by Gasteiger charge is 2.09. The first-order chi connectivity index (χ1) is 8.21. The molecule has 0 unspecified atom stereocenters. The topological polar surface area (TPSA) is 39.7 Å². The molecule has 0 heterocycles. The predicted molar refractivity (Wildman–Crippen MR) is 78.4 cm³/mol. The standard InChI is InChI=1S/C13H29NO3S/c1-12(2,3)17-11-10-16-9-8-15-7-6-14-13(4,5)18/h14,18H,6-11H2,1-5H3. The molecule has 4 nitrogen and oxygen atoms in total. The van der Waals surface area contributed by atoms with Crippen LogP contribution in [0, 0.1) is 0 Å². The van der Waals surface area contributed by atoms with Crippen LogP contribution in [-0.2, 0) is 14.2 Å². The molecule has 110 valence electrons. The summed E-state index contributed by atoms with van der Waals surface area (Å²) < 4.78 is 16.3. The van der Waals surface area contributed by atoms with E-state index < -0.39 is 0 Å². The van der Waals surface area contributed by atoms with Crippen molar-refractivity contribution in [3.63, 3.8) is 0 Å². The Morgan fingerprint density at radius 1 is 0.833 bits per heavy atom. The van der Waals surface area contributed by atoms with Crippen molar-refractivity contribution in [1.82, 2.24) is 5.32 Å². The van der Waals surface area contributed by atoms with Crippen LogP contribution in [-0.4, -0.2) is 50.1 Å². The highest BCUT2D eigenvalue weighted by molar-refractivity contribution is 7.81. The van der Waals surface area contributed by atoms with Gasteiger partial charge < -0.3 is 19.5 Å². The molecule has 0 spiro atoms. The Balaban J connectivity index is 3.13. The minimum Gasteiger partial charge on any atom is -0.378 e. The molecule has 0 rings (SSSR count). The Morgan fingerprint density at radius 3 is 1.83 bits per heavy atom. The summed E-state index contributed by atoms with van der Waals surface area (Å²) in [5.41, 5.74) is -0.0921. The van der Waals surface area contributed by atoms with Gasteiger partial charge in [0, 0.05) is 6.54 Å². The van der Waals surface area contributed by atoms with Crippen molar-refractivity contribution >= 4 is 12.6 Å². The predicted octanol–water partition coefficient (Wildman–Crippen LogP) is 2.09. The monoisotopic (exact) mass is 279 g/mol. The van der Waals surface area contributed by atoms with Gasteiger partial charge in [0.2, 0.25) is 0 Å². The summed E-state index contributed by atoms with van der Waals surface area (Å²) in [6, 6.07) is 0. The van der Waals surface area contributed by atoms with E-state index in [1.54, 1.807) is 0 Å². The minimum absolute atomic E-state index is 0.0921. The summed E-state index contributed by atoms with van der Waals surface area (Å²) in [5, 5.41) is 3.23. The Morgan fingerprint density at radius 2 is 1.33 bits per heavy atom. The number of nitrogens with one attached hydrogen (secondary N) is 1. The largest absolute Gasteiger partial charge is 0.378 e. The third-order valence-corrected chi connectivity index (χ3v) is 2.10. The number of hydrogen-bond acceptors (Lipinski definition) is 5. The number of thiol groups is 1.